The van der Waals surface area contributed by atoms with Crippen LogP contribution in [0.15, 0.2) is 66.9 Å². The van der Waals surface area contributed by atoms with Gasteiger partial charge in [0.2, 0.25) is 5.91 Å². The summed E-state index contributed by atoms with van der Waals surface area (Å²) in [6.45, 7) is 2.05. The Labute approximate surface area is 182 Å². The van der Waals surface area contributed by atoms with Gasteiger partial charge in [-0.05, 0) is 55.0 Å². The van der Waals surface area contributed by atoms with Gasteiger partial charge in [-0.3, -0.25) is 9.78 Å². The molecule has 3 aromatic heterocycles. The van der Waals surface area contributed by atoms with E-state index in [1.165, 1.54) is 0 Å². The van der Waals surface area contributed by atoms with E-state index in [-0.39, 0.29) is 16.6 Å². The summed E-state index contributed by atoms with van der Waals surface area (Å²) in [6, 6.07) is 18.8. The Morgan fingerprint density at radius 1 is 1.06 bits per heavy atom. The molecule has 3 heterocycles. The minimum atomic E-state index is -0.568. The van der Waals surface area contributed by atoms with E-state index in [0.717, 1.165) is 22.0 Å². The molecule has 0 aliphatic heterocycles. The average molecular weight is 429 g/mol. The fourth-order valence-corrected chi connectivity index (χ4v) is 3.89. The minimum Gasteiger partial charge on any atom is -0.366 e. The van der Waals surface area contributed by atoms with Gasteiger partial charge in [-0.2, -0.15) is 0 Å². The van der Waals surface area contributed by atoms with Crippen LogP contribution < -0.4 is 5.73 Å². The summed E-state index contributed by atoms with van der Waals surface area (Å²) in [7, 11) is 0. The number of aromatic nitrogens is 5. The second-order valence-electron chi connectivity index (χ2n) is 7.26. The largest absolute Gasteiger partial charge is 0.366 e. The highest BCUT2D eigenvalue weighted by atomic mass is 35.5. The second kappa shape index (κ2) is 7.45. The first-order valence-corrected chi connectivity index (χ1v) is 10.1. The zero-order valence-corrected chi connectivity index (χ0v) is 17.3. The smallest absolute Gasteiger partial charge is 0.250 e. The van der Waals surface area contributed by atoms with Crippen molar-refractivity contribution in [1.82, 2.24) is 25.0 Å². The van der Waals surface area contributed by atoms with Gasteiger partial charge in [0.25, 0.3) is 0 Å². The number of rotatable bonds is 4. The number of primary amides is 1. The molecule has 5 rings (SSSR count). The monoisotopic (exact) mass is 428 g/mol. The van der Waals surface area contributed by atoms with E-state index in [2.05, 4.69) is 28.3 Å². The highest BCUT2D eigenvalue weighted by Gasteiger charge is 2.16. The Hall–Kier alpha value is -3.84. The summed E-state index contributed by atoms with van der Waals surface area (Å²) >= 11 is 6.22. The molecule has 31 heavy (non-hydrogen) atoms. The van der Waals surface area contributed by atoms with E-state index >= 15 is 0 Å². The summed E-state index contributed by atoms with van der Waals surface area (Å²) in [5.41, 5.74) is 10.5. The zero-order chi connectivity index (χ0) is 21.5. The highest BCUT2D eigenvalue weighted by molar-refractivity contribution is 6.34. The van der Waals surface area contributed by atoms with E-state index in [0.29, 0.717) is 16.9 Å². The fraction of sp³-hybridized carbons (Fsp3) is 0.0870. The molecule has 8 heteroatoms. The number of nitrogens with zero attached hydrogens (tertiary/aromatic N) is 5. The Kier molecular flexibility index (Phi) is 4.60. The van der Waals surface area contributed by atoms with Gasteiger partial charge in [-0.1, -0.05) is 35.0 Å². The van der Waals surface area contributed by atoms with Crippen molar-refractivity contribution in [1.29, 1.82) is 0 Å². The quantitative estimate of drug-likeness (QED) is 0.457. The van der Waals surface area contributed by atoms with Crippen LogP contribution in [0, 0.1) is 0 Å². The van der Waals surface area contributed by atoms with Crippen LogP contribution in [0.2, 0.25) is 5.02 Å². The molecular weight excluding hydrogens is 412 g/mol. The van der Waals surface area contributed by atoms with Gasteiger partial charge in [-0.15, -0.1) is 5.10 Å². The summed E-state index contributed by atoms with van der Waals surface area (Å²) in [6.07, 6.45) is 1.78. The van der Waals surface area contributed by atoms with Gasteiger partial charge in [-0.25, -0.2) is 9.67 Å². The van der Waals surface area contributed by atoms with Crippen LogP contribution in [-0.2, 0) is 0 Å². The number of hydrogen-bond donors (Lipinski definition) is 1. The number of nitrogens with two attached hydrogens (primary N) is 1. The standard InChI is InChI=1S/C23H17ClN6O/c1-13(14-5-7-19-15(11-14)3-2-10-26-19)30-23-21(28-29-30)9-8-20(27-23)16-4-6-17(22(25)31)18(24)12-16/h2-13H,1H3,(H2,25,31)/t13-/m1/s1. The predicted molar refractivity (Wildman–Crippen MR) is 120 cm³/mol. The van der Waals surface area contributed by atoms with E-state index in [4.69, 9.17) is 22.3 Å². The van der Waals surface area contributed by atoms with E-state index in [1.54, 1.807) is 29.1 Å². The van der Waals surface area contributed by atoms with Crippen LogP contribution in [0.1, 0.15) is 28.9 Å². The van der Waals surface area contributed by atoms with Crippen molar-refractivity contribution in [2.45, 2.75) is 13.0 Å². The molecule has 7 nitrogen and oxygen atoms in total. The van der Waals surface area contributed by atoms with Gasteiger partial charge in [0, 0.05) is 17.1 Å². The summed E-state index contributed by atoms with van der Waals surface area (Å²) in [5.74, 6) is -0.568. The first kappa shape index (κ1) is 19.1. The number of fused-ring (bicyclic) bond motifs is 2. The number of carbonyl (C=O) groups is 1. The zero-order valence-electron chi connectivity index (χ0n) is 16.5. The van der Waals surface area contributed by atoms with Crippen LogP contribution in [0.25, 0.3) is 33.3 Å². The third-order valence-corrected chi connectivity index (χ3v) is 5.64. The molecule has 0 aliphatic carbocycles. The van der Waals surface area contributed by atoms with Crippen LogP contribution in [0.3, 0.4) is 0 Å². The van der Waals surface area contributed by atoms with Gasteiger partial charge in [0.15, 0.2) is 5.65 Å². The van der Waals surface area contributed by atoms with Crippen molar-refractivity contribution >= 4 is 39.6 Å². The topological polar surface area (TPSA) is 99.6 Å². The molecule has 0 spiro atoms. The summed E-state index contributed by atoms with van der Waals surface area (Å²) in [4.78, 5) is 20.6. The third-order valence-electron chi connectivity index (χ3n) is 5.33. The van der Waals surface area contributed by atoms with Gasteiger partial charge in [0.1, 0.15) is 5.52 Å². The Bertz CT molecular complexity index is 1460. The second-order valence-corrected chi connectivity index (χ2v) is 7.67. The molecule has 0 bridgehead atoms. The molecule has 0 saturated carbocycles. The lowest BCUT2D eigenvalue weighted by atomic mass is 10.1. The molecule has 0 saturated heterocycles. The third kappa shape index (κ3) is 3.39. The molecule has 152 valence electrons. The molecule has 0 unspecified atom stereocenters. The maximum Gasteiger partial charge on any atom is 0.250 e. The Morgan fingerprint density at radius 3 is 2.71 bits per heavy atom. The minimum absolute atomic E-state index is 0.0850. The molecule has 2 N–H and O–H groups in total. The number of hydrogen-bond acceptors (Lipinski definition) is 5. The van der Waals surface area contributed by atoms with Gasteiger partial charge < -0.3 is 5.73 Å². The lowest BCUT2D eigenvalue weighted by molar-refractivity contribution is 0.100. The van der Waals surface area contributed by atoms with Crippen LogP contribution in [0.5, 0.6) is 0 Å². The van der Waals surface area contributed by atoms with Crippen molar-refractivity contribution in [2.75, 3.05) is 0 Å². The molecule has 2 aromatic carbocycles. The average Bonchev–Trinajstić information content (AvgIpc) is 3.21. The number of carbonyl (C=O) groups excluding carboxylic acids is 1. The number of amides is 1. The van der Waals surface area contributed by atoms with E-state index < -0.39 is 5.91 Å². The van der Waals surface area contributed by atoms with Crippen LogP contribution in [0.4, 0.5) is 0 Å². The number of halogens is 1. The Morgan fingerprint density at radius 2 is 1.90 bits per heavy atom. The Balaban J connectivity index is 1.57. The van der Waals surface area contributed by atoms with Crippen LogP contribution in [-0.4, -0.2) is 30.9 Å². The first-order valence-electron chi connectivity index (χ1n) is 9.67. The molecule has 0 fully saturated rings. The highest BCUT2D eigenvalue weighted by Crippen LogP contribution is 2.28. The summed E-state index contributed by atoms with van der Waals surface area (Å²) in [5, 5.41) is 9.96. The number of benzene rings is 2. The van der Waals surface area contributed by atoms with Crippen molar-refractivity contribution < 1.29 is 4.79 Å². The molecular formula is C23H17ClN6O. The SMILES string of the molecule is C[C@H](c1ccc2ncccc2c1)n1nnc2ccc(-c3ccc(C(N)=O)c(Cl)c3)nc21. The van der Waals surface area contributed by atoms with Gasteiger partial charge >= 0.3 is 0 Å². The maximum atomic E-state index is 11.4. The predicted octanol–water partition coefficient (Wildman–Crippen LogP) is 4.40. The van der Waals surface area contributed by atoms with Crippen molar-refractivity contribution in [3.63, 3.8) is 0 Å². The molecule has 1 atom stereocenters. The molecule has 0 aliphatic rings. The van der Waals surface area contributed by atoms with Crippen LogP contribution >= 0.6 is 11.6 Å². The normalized spacial score (nSPS) is 12.3. The van der Waals surface area contributed by atoms with Crippen molar-refractivity contribution in [3.8, 4) is 11.3 Å². The lowest BCUT2D eigenvalue weighted by Crippen LogP contribution is -2.11. The van der Waals surface area contributed by atoms with Crippen molar-refractivity contribution in [2.24, 2.45) is 5.73 Å². The first-order chi connectivity index (χ1) is 15.0. The molecule has 0 radical (unpaired) electrons. The maximum absolute atomic E-state index is 11.4. The number of pyridine rings is 2. The molecule has 5 aromatic rings. The van der Waals surface area contributed by atoms with E-state index in [9.17, 15) is 4.79 Å². The van der Waals surface area contributed by atoms with Gasteiger partial charge in [0.05, 0.1) is 27.8 Å². The fourth-order valence-electron chi connectivity index (χ4n) is 3.62. The van der Waals surface area contributed by atoms with E-state index in [1.807, 2.05) is 36.4 Å². The summed E-state index contributed by atoms with van der Waals surface area (Å²) < 4.78 is 1.80. The molecule has 1 amide bonds. The van der Waals surface area contributed by atoms with Crippen molar-refractivity contribution in [3.05, 3.63) is 83.0 Å². The lowest BCUT2D eigenvalue weighted by Gasteiger charge is -2.13.